The molecule has 0 aliphatic rings. The summed E-state index contributed by atoms with van der Waals surface area (Å²) in [6.07, 6.45) is -11.6. The molecule has 0 radical (unpaired) electrons. The first kappa shape index (κ1) is 56.1. The van der Waals surface area contributed by atoms with Gasteiger partial charge in [-0.05, 0) is 17.7 Å². The number of halogens is 11. The Morgan fingerprint density at radius 3 is 1.39 bits per heavy atom. The van der Waals surface area contributed by atoms with Crippen molar-refractivity contribution in [1.29, 1.82) is 0 Å². The molecule has 28 heteroatoms. The lowest BCUT2D eigenvalue weighted by atomic mass is 10.0. The maximum absolute atomic E-state index is 12.7. The first-order valence-electron chi connectivity index (χ1n) is 15.7. The number of carboxylic acid groups (broad SMARTS) is 3. The maximum Gasteiger partial charge on any atom is 0.430 e. The highest BCUT2D eigenvalue weighted by Gasteiger charge is 2.32. The van der Waals surface area contributed by atoms with Crippen LogP contribution in [0.5, 0.6) is 0 Å². The van der Waals surface area contributed by atoms with Crippen molar-refractivity contribution in [2.24, 2.45) is 0 Å². The highest BCUT2D eigenvalue weighted by molar-refractivity contribution is 6.53. The number of nitro groups is 1. The summed E-state index contributed by atoms with van der Waals surface area (Å²) >= 11 is 11.2. The van der Waals surface area contributed by atoms with Gasteiger partial charge in [-0.15, -0.1) is 0 Å². The number of aliphatic hydroxyl groups is 1. The van der Waals surface area contributed by atoms with Crippen LogP contribution in [0.15, 0.2) is 24.3 Å². The Bertz CT molecular complexity index is 1290. The lowest BCUT2D eigenvalue weighted by Crippen LogP contribution is -2.86. The Kier molecular flexibility index (Phi) is 29.1. The van der Waals surface area contributed by atoms with Crippen LogP contribution in [0.2, 0.25) is 0 Å². The molecule has 1 aromatic carbocycles. The van der Waals surface area contributed by atoms with Gasteiger partial charge in [0.25, 0.3) is 11.6 Å². The third-order valence-electron chi connectivity index (χ3n) is 6.09. The number of nitro benzene ring substituents is 1. The van der Waals surface area contributed by atoms with E-state index in [0.717, 1.165) is 39.1 Å². The zero-order valence-corrected chi connectivity index (χ0v) is 30.3. The van der Waals surface area contributed by atoms with E-state index in [-0.39, 0.29) is 11.3 Å². The quantitative estimate of drug-likeness (QED) is 0.0258. The van der Waals surface area contributed by atoms with Crippen LogP contribution in [0.4, 0.5) is 45.2 Å². The summed E-state index contributed by atoms with van der Waals surface area (Å²) in [6, 6.07) is 3.70. The summed E-state index contributed by atoms with van der Waals surface area (Å²) in [5, 5.41) is 57.5. The molecule has 0 unspecified atom stereocenters. The first-order chi connectivity index (χ1) is 25.6. The number of aliphatic hydroxyl groups excluding tert-OH is 1. The SMILES string of the molecule is O=C([O-])C(F)(F)F.O=C([O-])C(F)(F)F.O=C([O-])C(F)(F)F.[NH3+]CCCC[NH2+]CCCC[NH2+]CCCNC(=O)[C@@H](NC(=O)C(Cl)Cl)[C@H](O)c1ccc([N+](=O)[O-])cc1. The standard InChI is InChI=1S/C22H36Cl2N6O5.3C2HF3O2/c23-20(24)22(33)29-18(19(31)16-6-8-17(9-7-16)30(34)35)21(32)28-15-5-14-27-13-4-3-12-26-11-2-1-10-25;3*3-2(4,5)1(6)7/h6-9,18-20,26-27,31H,1-5,10-15,25H2,(H,28,32)(H,29,33);3*(H,6,7)/t18-,19+;;;/m0.../s1. The number of amides is 2. The second kappa shape index (κ2) is 29.1. The number of benzene rings is 1. The molecular formula is C28H39Cl2F9N6O11. The van der Waals surface area contributed by atoms with Crippen molar-refractivity contribution >= 4 is 58.6 Å². The zero-order chi connectivity index (χ0) is 44.3. The van der Waals surface area contributed by atoms with Crippen molar-refractivity contribution in [2.45, 2.75) is 67.6 Å². The normalized spacial score (nSPS) is 12.2. The molecule has 0 aliphatic carbocycles. The van der Waals surface area contributed by atoms with E-state index < -0.39 is 70.2 Å². The number of carbonyl (C=O) groups excluding carboxylic acids is 5. The van der Waals surface area contributed by atoms with Gasteiger partial charge in [-0.25, -0.2) is 0 Å². The molecule has 0 aliphatic heterocycles. The van der Waals surface area contributed by atoms with Crippen LogP contribution in [0, 0.1) is 10.1 Å². The van der Waals surface area contributed by atoms with E-state index in [9.17, 15) is 64.3 Å². The van der Waals surface area contributed by atoms with E-state index in [1.165, 1.54) is 43.5 Å². The molecular weight excluding hydrogens is 838 g/mol. The fourth-order valence-corrected chi connectivity index (χ4v) is 3.52. The summed E-state index contributed by atoms with van der Waals surface area (Å²) < 4.78 is 94.6. The number of nitrogens with one attached hydrogen (secondary N) is 2. The summed E-state index contributed by atoms with van der Waals surface area (Å²) in [7, 11) is 0. The molecule has 0 saturated heterocycles. The van der Waals surface area contributed by atoms with Crippen molar-refractivity contribution in [2.75, 3.05) is 39.3 Å². The van der Waals surface area contributed by atoms with E-state index in [1.54, 1.807) is 0 Å². The van der Waals surface area contributed by atoms with E-state index in [0.29, 0.717) is 13.0 Å². The van der Waals surface area contributed by atoms with E-state index in [2.05, 4.69) is 27.0 Å². The number of aliphatic carboxylic acids is 3. The number of alkyl halides is 11. The zero-order valence-electron chi connectivity index (χ0n) is 28.8. The highest BCUT2D eigenvalue weighted by Crippen LogP contribution is 2.21. The molecule has 0 bridgehead atoms. The largest absolute Gasteiger partial charge is 0.542 e. The van der Waals surface area contributed by atoms with Gasteiger partial charge in [0.15, 0.2) is 4.84 Å². The van der Waals surface area contributed by atoms with Crippen LogP contribution in [-0.2, 0) is 24.0 Å². The number of nitrogens with two attached hydrogens (primary N) is 2. The van der Waals surface area contributed by atoms with Crippen LogP contribution in [0.3, 0.4) is 0 Å². The van der Waals surface area contributed by atoms with Crippen molar-refractivity contribution < 1.29 is 105 Å². The van der Waals surface area contributed by atoms with Gasteiger partial charge in [0.2, 0.25) is 5.91 Å². The number of rotatable bonds is 19. The number of carbonyl (C=O) groups is 5. The fraction of sp³-hybridized carbons (Fsp3) is 0.607. The van der Waals surface area contributed by atoms with Gasteiger partial charge in [-0.2, -0.15) is 39.5 Å². The van der Waals surface area contributed by atoms with Crippen LogP contribution < -0.4 is 42.3 Å². The molecule has 56 heavy (non-hydrogen) atoms. The first-order valence-corrected chi connectivity index (χ1v) is 16.5. The summed E-state index contributed by atoms with van der Waals surface area (Å²) in [6.45, 7) is 5.51. The second-order valence-corrected chi connectivity index (χ2v) is 11.7. The monoisotopic (exact) mass is 876 g/mol. The molecule has 0 aromatic heterocycles. The molecule has 0 fully saturated rings. The number of quaternary nitrogens is 3. The summed E-state index contributed by atoms with van der Waals surface area (Å²) in [5.41, 5.74) is 3.91. The Morgan fingerprint density at radius 1 is 0.714 bits per heavy atom. The summed E-state index contributed by atoms with van der Waals surface area (Å²) in [5.74, 6) is -10.5. The Balaban J connectivity index is -0.00000108. The molecule has 10 N–H and O–H groups in total. The Hall–Kier alpha value is -4.24. The lowest BCUT2D eigenvalue weighted by Gasteiger charge is -2.24. The molecule has 324 valence electrons. The van der Waals surface area contributed by atoms with Crippen LogP contribution >= 0.6 is 23.2 Å². The average Bonchev–Trinajstić information content (AvgIpc) is 3.08. The number of non-ortho nitro benzene ring substituents is 1. The van der Waals surface area contributed by atoms with Crippen LogP contribution in [0.1, 0.15) is 43.8 Å². The minimum atomic E-state index is -5.19. The van der Waals surface area contributed by atoms with Crippen molar-refractivity contribution in [3.8, 4) is 0 Å². The van der Waals surface area contributed by atoms with Gasteiger partial charge in [0.1, 0.15) is 30.1 Å². The van der Waals surface area contributed by atoms with Crippen molar-refractivity contribution in [1.82, 2.24) is 10.6 Å². The number of unbranched alkanes of at least 4 members (excludes halogenated alkanes) is 2. The fourth-order valence-electron chi connectivity index (χ4n) is 3.39. The third-order valence-corrected chi connectivity index (χ3v) is 6.49. The van der Waals surface area contributed by atoms with Gasteiger partial charge in [0, 0.05) is 50.8 Å². The predicted molar refractivity (Wildman–Crippen MR) is 166 cm³/mol. The minimum Gasteiger partial charge on any atom is -0.542 e. The molecule has 1 rings (SSSR count). The third kappa shape index (κ3) is 30.0. The Labute approximate surface area is 321 Å². The van der Waals surface area contributed by atoms with Crippen LogP contribution in [-0.4, -0.2) is 108 Å². The molecule has 0 heterocycles. The van der Waals surface area contributed by atoms with Gasteiger partial charge in [-0.1, -0.05) is 23.2 Å². The molecule has 2 atom stereocenters. The van der Waals surface area contributed by atoms with Crippen LogP contribution in [0.25, 0.3) is 0 Å². The molecule has 0 saturated carbocycles. The highest BCUT2D eigenvalue weighted by atomic mass is 35.5. The number of hydrogen-bond acceptors (Lipinski definition) is 11. The van der Waals surface area contributed by atoms with Crippen molar-refractivity contribution in [3.05, 3.63) is 39.9 Å². The van der Waals surface area contributed by atoms with E-state index in [1.807, 2.05) is 0 Å². The predicted octanol–water partition coefficient (Wildman–Crippen LogP) is -3.75. The molecule has 2 amide bonds. The van der Waals surface area contributed by atoms with Gasteiger partial charge in [0.05, 0.1) is 37.6 Å². The second-order valence-electron chi connectivity index (χ2n) is 10.6. The Morgan fingerprint density at radius 2 is 1.07 bits per heavy atom. The van der Waals surface area contributed by atoms with Crippen molar-refractivity contribution in [3.63, 3.8) is 0 Å². The molecule has 17 nitrogen and oxygen atoms in total. The molecule has 0 spiro atoms. The van der Waals surface area contributed by atoms with E-state index >= 15 is 0 Å². The topological polar surface area (TPSA) is 303 Å². The maximum atomic E-state index is 12.7. The lowest BCUT2D eigenvalue weighted by molar-refractivity contribution is -0.665. The minimum absolute atomic E-state index is 0.160. The average molecular weight is 878 g/mol. The summed E-state index contributed by atoms with van der Waals surface area (Å²) in [4.78, 5) is 59.9. The number of carboxylic acids is 3. The van der Waals surface area contributed by atoms with Gasteiger partial charge >= 0.3 is 18.5 Å². The smallest absolute Gasteiger partial charge is 0.430 e. The van der Waals surface area contributed by atoms with E-state index in [4.69, 9.17) is 52.9 Å². The molecule has 1 aromatic rings. The number of hydrogen-bond donors (Lipinski definition) is 6. The van der Waals surface area contributed by atoms with Gasteiger partial charge in [-0.3, -0.25) is 19.7 Å². The van der Waals surface area contributed by atoms with Gasteiger partial charge < -0.3 is 61.8 Å². The number of nitrogens with zero attached hydrogens (tertiary/aromatic N) is 1.